The van der Waals surface area contributed by atoms with Crippen molar-refractivity contribution >= 4 is 5.82 Å². The van der Waals surface area contributed by atoms with E-state index in [1.165, 1.54) is 41.2 Å². The van der Waals surface area contributed by atoms with E-state index in [-0.39, 0.29) is 0 Å². The number of aromatic nitrogens is 2. The van der Waals surface area contributed by atoms with Crippen molar-refractivity contribution in [3.8, 4) is 5.69 Å². The van der Waals surface area contributed by atoms with Gasteiger partial charge >= 0.3 is 0 Å². The van der Waals surface area contributed by atoms with Gasteiger partial charge in [-0.3, -0.25) is 0 Å². The second-order valence-electron chi connectivity index (χ2n) is 5.45. The maximum Gasteiger partial charge on any atom is 0.133 e. The van der Waals surface area contributed by atoms with E-state index < -0.39 is 0 Å². The maximum absolute atomic E-state index is 4.90. The highest BCUT2D eigenvalue weighted by Crippen LogP contribution is 2.30. The van der Waals surface area contributed by atoms with Crippen LogP contribution in [0.25, 0.3) is 5.69 Å². The minimum Gasteiger partial charge on any atom is -0.369 e. The van der Waals surface area contributed by atoms with Crippen LogP contribution in [-0.2, 0) is 19.3 Å². The van der Waals surface area contributed by atoms with Gasteiger partial charge < -0.3 is 5.32 Å². The summed E-state index contributed by atoms with van der Waals surface area (Å²) in [5.41, 5.74) is 5.30. The Labute approximate surface area is 121 Å². The van der Waals surface area contributed by atoms with E-state index in [9.17, 15) is 0 Å². The third-order valence-corrected chi connectivity index (χ3v) is 4.10. The molecule has 0 spiro atoms. The van der Waals surface area contributed by atoms with Gasteiger partial charge in [-0.2, -0.15) is 5.10 Å². The lowest BCUT2D eigenvalue weighted by Gasteiger charge is -2.10. The van der Waals surface area contributed by atoms with Crippen molar-refractivity contribution in [3.63, 3.8) is 0 Å². The molecule has 0 saturated carbocycles. The molecule has 3 heteroatoms. The molecular weight excluding hydrogens is 246 g/mol. The summed E-state index contributed by atoms with van der Waals surface area (Å²) < 4.78 is 2.13. The van der Waals surface area contributed by atoms with Crippen LogP contribution in [0.5, 0.6) is 0 Å². The summed E-state index contributed by atoms with van der Waals surface area (Å²) in [5, 5.41) is 8.42. The quantitative estimate of drug-likeness (QED) is 0.896. The summed E-state index contributed by atoms with van der Waals surface area (Å²) in [6, 6.07) is 8.58. The molecule has 106 valence electrons. The molecule has 2 aromatic rings. The first kappa shape index (κ1) is 13.2. The highest BCUT2D eigenvalue weighted by atomic mass is 15.3. The Bertz CT molecular complexity index is 598. The molecule has 2 heterocycles. The first-order valence-corrected chi connectivity index (χ1v) is 7.78. The van der Waals surface area contributed by atoms with Crippen LogP contribution in [0.1, 0.15) is 43.5 Å². The lowest BCUT2D eigenvalue weighted by Crippen LogP contribution is -2.07. The van der Waals surface area contributed by atoms with Crippen LogP contribution in [0.4, 0.5) is 5.82 Å². The minimum atomic E-state index is 1.04. The van der Waals surface area contributed by atoms with Crippen LogP contribution < -0.4 is 5.32 Å². The van der Waals surface area contributed by atoms with Gasteiger partial charge in [-0.05, 0) is 37.3 Å². The molecular formula is C17H23N3. The Morgan fingerprint density at radius 1 is 1.25 bits per heavy atom. The molecule has 0 radical (unpaired) electrons. The van der Waals surface area contributed by atoms with Crippen molar-refractivity contribution in [2.24, 2.45) is 0 Å². The van der Waals surface area contributed by atoms with Crippen LogP contribution in [0.15, 0.2) is 24.3 Å². The summed E-state index contributed by atoms with van der Waals surface area (Å²) in [4.78, 5) is 0. The number of nitrogens with zero attached hydrogens (tertiary/aromatic N) is 2. The van der Waals surface area contributed by atoms with Gasteiger partial charge in [0, 0.05) is 12.1 Å². The SMILES string of the molecule is CCCCc1nn(-c2ccccc2CC)c2c1CCN2. The van der Waals surface area contributed by atoms with E-state index in [1.807, 2.05) is 0 Å². The number of hydrogen-bond donors (Lipinski definition) is 1. The topological polar surface area (TPSA) is 29.9 Å². The van der Waals surface area contributed by atoms with E-state index in [0.29, 0.717) is 0 Å². The Morgan fingerprint density at radius 2 is 2.10 bits per heavy atom. The second-order valence-corrected chi connectivity index (χ2v) is 5.45. The van der Waals surface area contributed by atoms with Crippen molar-refractivity contribution in [2.45, 2.75) is 46.0 Å². The Balaban J connectivity index is 2.05. The molecule has 0 aliphatic carbocycles. The molecule has 1 aromatic heterocycles. The van der Waals surface area contributed by atoms with Gasteiger partial charge in [0.25, 0.3) is 0 Å². The number of nitrogens with one attached hydrogen (secondary N) is 1. The lowest BCUT2D eigenvalue weighted by molar-refractivity contribution is 0.742. The van der Waals surface area contributed by atoms with Gasteiger partial charge in [0.1, 0.15) is 5.82 Å². The third-order valence-electron chi connectivity index (χ3n) is 4.10. The number of hydrogen-bond acceptors (Lipinski definition) is 2. The fraction of sp³-hybridized carbons (Fsp3) is 0.471. The van der Waals surface area contributed by atoms with Crippen molar-refractivity contribution in [3.05, 3.63) is 41.1 Å². The highest BCUT2D eigenvalue weighted by Gasteiger charge is 2.23. The van der Waals surface area contributed by atoms with Gasteiger partial charge in [0.2, 0.25) is 0 Å². The largest absolute Gasteiger partial charge is 0.369 e. The standard InChI is InChI=1S/C17H23N3/c1-3-5-9-15-14-11-12-18-17(14)20(19-15)16-10-7-6-8-13(16)4-2/h6-8,10,18H,3-5,9,11-12H2,1-2H3. The van der Waals surface area contributed by atoms with Gasteiger partial charge in [-0.15, -0.1) is 0 Å². The smallest absolute Gasteiger partial charge is 0.133 e. The minimum absolute atomic E-state index is 1.04. The molecule has 0 bridgehead atoms. The van der Waals surface area contributed by atoms with Crippen LogP contribution in [0.3, 0.4) is 0 Å². The zero-order valence-electron chi connectivity index (χ0n) is 12.4. The third kappa shape index (κ3) is 2.21. The molecule has 3 rings (SSSR count). The number of unbranched alkanes of at least 4 members (excludes halogenated alkanes) is 1. The number of rotatable bonds is 5. The molecule has 0 atom stereocenters. The zero-order chi connectivity index (χ0) is 13.9. The average Bonchev–Trinajstić information content (AvgIpc) is 3.08. The summed E-state index contributed by atoms with van der Waals surface area (Å²) in [6.07, 6.45) is 5.69. The zero-order valence-corrected chi connectivity index (χ0v) is 12.4. The van der Waals surface area contributed by atoms with Gasteiger partial charge in [-0.25, -0.2) is 4.68 Å². The van der Waals surface area contributed by atoms with Gasteiger partial charge in [0.15, 0.2) is 0 Å². The van der Waals surface area contributed by atoms with Crippen molar-refractivity contribution in [1.29, 1.82) is 0 Å². The fourth-order valence-electron chi connectivity index (χ4n) is 2.98. The molecule has 0 saturated heterocycles. The Hall–Kier alpha value is -1.77. The molecule has 0 amide bonds. The molecule has 1 aromatic carbocycles. The van der Waals surface area contributed by atoms with E-state index in [0.717, 1.165) is 25.8 Å². The van der Waals surface area contributed by atoms with Crippen molar-refractivity contribution in [2.75, 3.05) is 11.9 Å². The van der Waals surface area contributed by atoms with E-state index >= 15 is 0 Å². The molecule has 0 unspecified atom stereocenters. The summed E-state index contributed by atoms with van der Waals surface area (Å²) >= 11 is 0. The fourth-order valence-corrected chi connectivity index (χ4v) is 2.98. The summed E-state index contributed by atoms with van der Waals surface area (Å²) in [7, 11) is 0. The molecule has 0 fully saturated rings. The van der Waals surface area contributed by atoms with Gasteiger partial charge in [0.05, 0.1) is 11.4 Å². The molecule has 1 N–H and O–H groups in total. The number of para-hydroxylation sites is 1. The lowest BCUT2D eigenvalue weighted by atomic mass is 10.1. The van der Waals surface area contributed by atoms with Crippen LogP contribution >= 0.6 is 0 Å². The Morgan fingerprint density at radius 3 is 2.90 bits per heavy atom. The second kappa shape index (κ2) is 5.70. The number of aryl methyl sites for hydroxylation is 2. The Kier molecular flexibility index (Phi) is 3.77. The highest BCUT2D eigenvalue weighted by molar-refractivity contribution is 5.58. The normalized spacial score (nSPS) is 13.3. The predicted molar refractivity (Wildman–Crippen MR) is 83.7 cm³/mol. The van der Waals surface area contributed by atoms with Crippen LogP contribution in [0.2, 0.25) is 0 Å². The molecule has 3 nitrogen and oxygen atoms in total. The maximum atomic E-state index is 4.90. The van der Waals surface area contributed by atoms with Crippen molar-refractivity contribution in [1.82, 2.24) is 9.78 Å². The summed E-state index contributed by atoms with van der Waals surface area (Å²) in [5.74, 6) is 1.22. The first-order chi connectivity index (χ1) is 9.85. The van der Waals surface area contributed by atoms with Crippen molar-refractivity contribution < 1.29 is 0 Å². The number of benzene rings is 1. The van der Waals surface area contributed by atoms with E-state index in [4.69, 9.17) is 5.10 Å². The average molecular weight is 269 g/mol. The molecule has 1 aliphatic heterocycles. The van der Waals surface area contributed by atoms with E-state index in [1.54, 1.807) is 0 Å². The van der Waals surface area contributed by atoms with E-state index in [2.05, 4.69) is 48.1 Å². The van der Waals surface area contributed by atoms with Gasteiger partial charge in [-0.1, -0.05) is 38.5 Å². The number of anilines is 1. The van der Waals surface area contributed by atoms with Crippen LogP contribution in [-0.4, -0.2) is 16.3 Å². The molecule has 1 aliphatic rings. The van der Waals surface area contributed by atoms with Crippen LogP contribution in [0, 0.1) is 0 Å². The molecule has 20 heavy (non-hydrogen) atoms. The monoisotopic (exact) mass is 269 g/mol. The first-order valence-electron chi connectivity index (χ1n) is 7.78. The predicted octanol–water partition coefficient (Wildman–Crippen LogP) is 3.75. The number of fused-ring (bicyclic) bond motifs is 1. The summed E-state index contributed by atoms with van der Waals surface area (Å²) in [6.45, 7) is 5.48.